The molecule has 1 aromatic carbocycles. The van der Waals surface area contributed by atoms with E-state index in [1.54, 1.807) is 24.3 Å². The SMILES string of the molecule is Cc1c(C#N)c(O)n(CCCO)c(=O)c1N=Nc1ccccc1Cl. The van der Waals surface area contributed by atoms with E-state index in [1.807, 2.05) is 6.07 Å². The van der Waals surface area contributed by atoms with E-state index in [0.717, 1.165) is 4.57 Å². The minimum atomic E-state index is -0.590. The number of nitrogens with zero attached hydrogens (tertiary/aromatic N) is 4. The Labute approximate surface area is 143 Å². The third kappa shape index (κ3) is 3.45. The maximum Gasteiger partial charge on any atom is 0.281 e. The molecule has 2 N–H and O–H groups in total. The Hall–Kier alpha value is -2.69. The highest BCUT2D eigenvalue weighted by Crippen LogP contribution is 2.29. The lowest BCUT2D eigenvalue weighted by molar-refractivity contribution is 0.274. The van der Waals surface area contributed by atoms with Gasteiger partial charge >= 0.3 is 0 Å². The van der Waals surface area contributed by atoms with Crippen molar-refractivity contribution < 1.29 is 10.2 Å². The number of aromatic hydroxyl groups is 1. The zero-order valence-electron chi connectivity index (χ0n) is 12.9. The molecule has 0 saturated heterocycles. The zero-order valence-corrected chi connectivity index (χ0v) is 13.7. The number of pyridine rings is 1. The Morgan fingerprint density at radius 1 is 1.33 bits per heavy atom. The first kappa shape index (κ1) is 17.7. The van der Waals surface area contributed by atoms with Gasteiger partial charge in [0, 0.05) is 18.7 Å². The second-order valence-electron chi connectivity index (χ2n) is 4.97. The molecule has 1 heterocycles. The Kier molecular flexibility index (Phi) is 5.68. The first-order chi connectivity index (χ1) is 11.5. The largest absolute Gasteiger partial charge is 0.493 e. The van der Waals surface area contributed by atoms with E-state index < -0.39 is 11.4 Å². The van der Waals surface area contributed by atoms with Gasteiger partial charge in [0.15, 0.2) is 5.69 Å². The van der Waals surface area contributed by atoms with Crippen LogP contribution < -0.4 is 5.56 Å². The van der Waals surface area contributed by atoms with Crippen LogP contribution in [0.5, 0.6) is 5.88 Å². The summed E-state index contributed by atoms with van der Waals surface area (Å²) < 4.78 is 1.00. The van der Waals surface area contributed by atoms with Gasteiger partial charge in [-0.25, -0.2) is 0 Å². The highest BCUT2D eigenvalue weighted by molar-refractivity contribution is 6.32. The van der Waals surface area contributed by atoms with Gasteiger partial charge in [-0.3, -0.25) is 9.36 Å². The molecule has 0 bridgehead atoms. The average Bonchev–Trinajstić information content (AvgIpc) is 2.56. The highest BCUT2D eigenvalue weighted by Gasteiger charge is 2.18. The van der Waals surface area contributed by atoms with Gasteiger partial charge in [-0.05, 0) is 25.5 Å². The van der Waals surface area contributed by atoms with Crippen molar-refractivity contribution in [1.82, 2.24) is 4.57 Å². The number of azo groups is 1. The fourth-order valence-electron chi connectivity index (χ4n) is 2.13. The molecule has 1 aromatic heterocycles. The molecule has 0 saturated carbocycles. The number of nitriles is 1. The van der Waals surface area contributed by atoms with Gasteiger partial charge in [0.05, 0.1) is 5.02 Å². The molecule has 2 aromatic rings. The minimum absolute atomic E-state index is 0.0535. The van der Waals surface area contributed by atoms with Crippen LogP contribution in [0.1, 0.15) is 17.5 Å². The van der Waals surface area contributed by atoms with Crippen LogP contribution in [-0.4, -0.2) is 21.4 Å². The molecule has 0 amide bonds. The summed E-state index contributed by atoms with van der Waals surface area (Å²) in [5.41, 5.74) is -0.0846. The first-order valence-electron chi connectivity index (χ1n) is 7.14. The maximum atomic E-state index is 12.5. The Bertz CT molecular complexity index is 884. The van der Waals surface area contributed by atoms with E-state index in [4.69, 9.17) is 16.7 Å². The summed E-state index contributed by atoms with van der Waals surface area (Å²) in [5.74, 6) is -0.440. The number of aliphatic hydroxyl groups is 1. The summed E-state index contributed by atoms with van der Waals surface area (Å²) in [5, 5.41) is 36.5. The molecular formula is C16H15ClN4O3. The first-order valence-corrected chi connectivity index (χ1v) is 7.52. The van der Waals surface area contributed by atoms with Crippen LogP contribution in [0.2, 0.25) is 5.02 Å². The van der Waals surface area contributed by atoms with Gasteiger partial charge < -0.3 is 10.2 Å². The minimum Gasteiger partial charge on any atom is -0.493 e. The topological polar surface area (TPSA) is 111 Å². The number of hydrogen-bond donors (Lipinski definition) is 2. The molecule has 8 heteroatoms. The number of aliphatic hydroxyl groups excluding tert-OH is 1. The summed E-state index contributed by atoms with van der Waals surface area (Å²) in [6, 6.07) is 8.60. The van der Waals surface area contributed by atoms with E-state index >= 15 is 0 Å². The highest BCUT2D eigenvalue weighted by atomic mass is 35.5. The van der Waals surface area contributed by atoms with E-state index in [9.17, 15) is 15.2 Å². The zero-order chi connectivity index (χ0) is 17.7. The Balaban J connectivity index is 2.59. The lowest BCUT2D eigenvalue weighted by Gasteiger charge is -2.12. The standard InChI is InChI=1S/C16H15ClN4O3/c1-10-11(9-18)15(23)21(7-4-8-22)16(24)14(10)20-19-13-6-3-2-5-12(13)17/h2-3,5-6,22-23H,4,7-8H2,1H3. The Morgan fingerprint density at radius 2 is 2.04 bits per heavy atom. The fraction of sp³-hybridized carbons (Fsp3) is 0.250. The second-order valence-corrected chi connectivity index (χ2v) is 5.38. The molecule has 0 fully saturated rings. The second kappa shape index (κ2) is 7.73. The molecule has 0 unspecified atom stereocenters. The lowest BCUT2D eigenvalue weighted by atomic mass is 10.1. The maximum absolute atomic E-state index is 12.5. The normalized spacial score (nSPS) is 10.9. The number of benzene rings is 1. The van der Waals surface area contributed by atoms with Crippen LogP contribution in [0.3, 0.4) is 0 Å². The number of aromatic nitrogens is 1. The molecule has 0 spiro atoms. The monoisotopic (exact) mass is 346 g/mol. The van der Waals surface area contributed by atoms with Crippen LogP contribution in [0.4, 0.5) is 11.4 Å². The molecule has 2 rings (SSSR count). The van der Waals surface area contributed by atoms with Gasteiger partial charge in [-0.1, -0.05) is 23.7 Å². The van der Waals surface area contributed by atoms with Crippen molar-refractivity contribution >= 4 is 23.0 Å². The number of hydrogen-bond acceptors (Lipinski definition) is 6. The van der Waals surface area contributed by atoms with Crippen LogP contribution in [0, 0.1) is 18.3 Å². The van der Waals surface area contributed by atoms with E-state index in [0.29, 0.717) is 10.7 Å². The van der Waals surface area contributed by atoms with Crippen LogP contribution >= 0.6 is 11.6 Å². The van der Waals surface area contributed by atoms with Gasteiger partial charge in [0.1, 0.15) is 17.3 Å². The molecule has 0 aliphatic rings. The summed E-state index contributed by atoms with van der Waals surface area (Å²) >= 11 is 6.00. The third-order valence-electron chi connectivity index (χ3n) is 3.42. The van der Waals surface area contributed by atoms with Crippen LogP contribution in [-0.2, 0) is 6.54 Å². The Morgan fingerprint density at radius 3 is 2.67 bits per heavy atom. The van der Waals surface area contributed by atoms with E-state index in [2.05, 4.69) is 10.2 Å². The summed E-state index contributed by atoms with van der Waals surface area (Å²) in [4.78, 5) is 12.5. The average molecular weight is 347 g/mol. The van der Waals surface area contributed by atoms with Crippen LogP contribution in [0.15, 0.2) is 39.3 Å². The lowest BCUT2D eigenvalue weighted by Crippen LogP contribution is -2.22. The van der Waals surface area contributed by atoms with Gasteiger partial charge in [0.2, 0.25) is 5.88 Å². The molecule has 124 valence electrons. The van der Waals surface area contributed by atoms with Crippen molar-refractivity contribution in [1.29, 1.82) is 5.26 Å². The molecular weight excluding hydrogens is 332 g/mol. The van der Waals surface area contributed by atoms with Gasteiger partial charge in [-0.2, -0.15) is 5.26 Å². The fourth-order valence-corrected chi connectivity index (χ4v) is 2.30. The van der Waals surface area contributed by atoms with Crippen LogP contribution in [0.25, 0.3) is 0 Å². The van der Waals surface area contributed by atoms with E-state index in [1.165, 1.54) is 6.92 Å². The van der Waals surface area contributed by atoms with Gasteiger partial charge in [0.25, 0.3) is 5.56 Å². The number of halogens is 1. The molecule has 24 heavy (non-hydrogen) atoms. The number of rotatable bonds is 5. The van der Waals surface area contributed by atoms with Gasteiger partial charge in [-0.15, -0.1) is 10.2 Å². The quantitative estimate of drug-likeness (QED) is 0.809. The van der Waals surface area contributed by atoms with E-state index in [-0.39, 0.29) is 36.4 Å². The summed E-state index contributed by atoms with van der Waals surface area (Å²) in [6.07, 6.45) is 0.252. The summed E-state index contributed by atoms with van der Waals surface area (Å²) in [6.45, 7) is 1.42. The molecule has 7 nitrogen and oxygen atoms in total. The van der Waals surface area contributed by atoms with Crippen molar-refractivity contribution in [2.75, 3.05) is 6.61 Å². The third-order valence-corrected chi connectivity index (χ3v) is 3.74. The smallest absolute Gasteiger partial charge is 0.281 e. The molecule has 0 aliphatic carbocycles. The molecule has 0 radical (unpaired) electrons. The van der Waals surface area contributed by atoms with Crippen molar-refractivity contribution in [3.05, 3.63) is 50.8 Å². The predicted octanol–water partition coefficient (Wildman–Crippen LogP) is 3.19. The van der Waals surface area contributed by atoms with Crippen molar-refractivity contribution in [3.8, 4) is 11.9 Å². The molecule has 0 aliphatic heterocycles. The van der Waals surface area contributed by atoms with Crippen molar-refractivity contribution in [2.45, 2.75) is 19.9 Å². The van der Waals surface area contributed by atoms with Crippen molar-refractivity contribution in [2.24, 2.45) is 10.2 Å². The summed E-state index contributed by atoms with van der Waals surface area (Å²) in [7, 11) is 0. The predicted molar refractivity (Wildman–Crippen MR) is 89.1 cm³/mol. The molecule has 0 atom stereocenters. The van der Waals surface area contributed by atoms with Crippen molar-refractivity contribution in [3.63, 3.8) is 0 Å².